The Balaban J connectivity index is 2.02. The van der Waals surface area contributed by atoms with E-state index >= 15 is 0 Å². The van der Waals surface area contributed by atoms with Crippen LogP contribution >= 0.6 is 11.3 Å². The number of hydrogen-bond donors (Lipinski definition) is 2. The number of H-pyrrole nitrogens is 1. The van der Waals surface area contributed by atoms with E-state index in [2.05, 4.69) is 9.71 Å². The summed E-state index contributed by atoms with van der Waals surface area (Å²) in [5.41, 5.74) is 1.13. The molecule has 102 valence electrons. The fraction of sp³-hybridized carbons (Fsp3) is 0. The van der Waals surface area contributed by atoms with Crippen LogP contribution in [0.15, 0.2) is 58.2 Å². The Hall–Kier alpha value is -2.12. The van der Waals surface area contributed by atoms with Crippen LogP contribution in [0.4, 0.5) is 5.69 Å². The number of rotatable bonds is 3. The number of hydrogen-bond acceptors (Lipinski definition) is 4. The lowest BCUT2D eigenvalue weighted by Gasteiger charge is -2.07. The lowest BCUT2D eigenvalue weighted by molar-refractivity contribution is 0.601. The molecule has 0 saturated carbocycles. The van der Waals surface area contributed by atoms with E-state index in [1.54, 1.807) is 36.4 Å². The summed E-state index contributed by atoms with van der Waals surface area (Å²) in [6.07, 6.45) is 0. The minimum Gasteiger partial charge on any atom is -0.312 e. The van der Waals surface area contributed by atoms with E-state index in [1.807, 2.05) is 0 Å². The van der Waals surface area contributed by atoms with Crippen molar-refractivity contribution in [1.82, 2.24) is 4.98 Å². The van der Waals surface area contributed by atoms with Gasteiger partial charge in [0.1, 0.15) is 0 Å². The Kier molecular flexibility index (Phi) is 3.07. The van der Waals surface area contributed by atoms with Crippen molar-refractivity contribution in [3.8, 4) is 0 Å². The first-order chi connectivity index (χ1) is 9.54. The van der Waals surface area contributed by atoms with Gasteiger partial charge in [0.2, 0.25) is 0 Å². The molecule has 0 aliphatic rings. The molecule has 1 heterocycles. The molecule has 0 aliphatic heterocycles. The fourth-order valence-electron chi connectivity index (χ4n) is 1.81. The topological polar surface area (TPSA) is 79.0 Å². The number of thiazole rings is 1. The Morgan fingerprint density at radius 3 is 2.55 bits per heavy atom. The number of anilines is 1. The molecule has 3 aromatic rings. The number of nitrogens with one attached hydrogen (secondary N) is 2. The third-order valence-electron chi connectivity index (χ3n) is 2.73. The Labute approximate surface area is 119 Å². The molecule has 2 N–H and O–H groups in total. The number of aromatic amines is 1. The van der Waals surface area contributed by atoms with Crippen LogP contribution in [0, 0.1) is 0 Å². The Bertz CT molecular complexity index is 911. The summed E-state index contributed by atoms with van der Waals surface area (Å²) in [6, 6.07) is 13.2. The zero-order valence-electron chi connectivity index (χ0n) is 10.2. The first-order valence-electron chi connectivity index (χ1n) is 5.75. The summed E-state index contributed by atoms with van der Waals surface area (Å²) in [6.45, 7) is 0. The summed E-state index contributed by atoms with van der Waals surface area (Å²) in [7, 11) is -3.65. The van der Waals surface area contributed by atoms with Crippen LogP contribution in [0.3, 0.4) is 0 Å². The standard InChI is InChI=1S/C13H10N2O3S2/c16-13-14-11-7-6-10(8-12(11)19-13)20(17,18)15-9-4-2-1-3-5-9/h1-8,15H,(H,14,16). The van der Waals surface area contributed by atoms with Crippen molar-refractivity contribution in [3.63, 3.8) is 0 Å². The van der Waals surface area contributed by atoms with Gasteiger partial charge in [0.15, 0.2) is 0 Å². The summed E-state index contributed by atoms with van der Waals surface area (Å²) < 4.78 is 27.6. The molecule has 5 nitrogen and oxygen atoms in total. The lowest BCUT2D eigenvalue weighted by atomic mass is 10.3. The number of para-hydroxylation sites is 1. The molecule has 20 heavy (non-hydrogen) atoms. The molecular formula is C13H10N2O3S2. The summed E-state index contributed by atoms with van der Waals surface area (Å²) >= 11 is 0.985. The molecule has 0 radical (unpaired) electrons. The zero-order chi connectivity index (χ0) is 14.2. The van der Waals surface area contributed by atoms with Crippen molar-refractivity contribution < 1.29 is 8.42 Å². The zero-order valence-corrected chi connectivity index (χ0v) is 11.8. The molecule has 0 unspecified atom stereocenters. The SMILES string of the molecule is O=c1[nH]c2ccc(S(=O)(=O)Nc3ccccc3)cc2s1. The van der Waals surface area contributed by atoms with Gasteiger partial charge in [0.25, 0.3) is 10.0 Å². The number of benzene rings is 2. The van der Waals surface area contributed by atoms with Crippen LogP contribution < -0.4 is 9.60 Å². The average molecular weight is 306 g/mol. The third-order valence-corrected chi connectivity index (χ3v) is 4.95. The predicted octanol–water partition coefficient (Wildman–Crippen LogP) is 2.39. The second kappa shape index (κ2) is 4.77. The van der Waals surface area contributed by atoms with E-state index in [1.165, 1.54) is 12.1 Å². The molecule has 3 rings (SSSR count). The highest BCUT2D eigenvalue weighted by Gasteiger charge is 2.15. The first-order valence-corrected chi connectivity index (χ1v) is 8.05. The van der Waals surface area contributed by atoms with E-state index in [9.17, 15) is 13.2 Å². The maximum atomic E-state index is 12.3. The third kappa shape index (κ3) is 2.45. The van der Waals surface area contributed by atoms with Crippen LogP contribution in [0.2, 0.25) is 0 Å². The summed E-state index contributed by atoms with van der Waals surface area (Å²) in [5, 5.41) is 0. The predicted molar refractivity (Wildman–Crippen MR) is 79.7 cm³/mol. The van der Waals surface area contributed by atoms with E-state index in [0.717, 1.165) is 11.3 Å². The van der Waals surface area contributed by atoms with E-state index in [0.29, 0.717) is 15.9 Å². The highest BCUT2D eigenvalue weighted by Crippen LogP contribution is 2.21. The molecule has 0 fully saturated rings. The molecule has 7 heteroatoms. The quantitative estimate of drug-likeness (QED) is 0.780. The van der Waals surface area contributed by atoms with Gasteiger partial charge >= 0.3 is 4.87 Å². The molecule has 1 aromatic heterocycles. The number of fused-ring (bicyclic) bond motifs is 1. The van der Waals surface area contributed by atoms with Crippen LogP contribution in [-0.2, 0) is 10.0 Å². The van der Waals surface area contributed by atoms with Crippen molar-refractivity contribution in [2.75, 3.05) is 4.72 Å². The second-order valence-corrected chi connectivity index (χ2v) is 6.84. The molecule has 0 aliphatic carbocycles. The molecule has 0 amide bonds. The van der Waals surface area contributed by atoms with E-state index < -0.39 is 10.0 Å². The van der Waals surface area contributed by atoms with Gasteiger partial charge in [0, 0.05) is 5.69 Å². The van der Waals surface area contributed by atoms with Crippen LogP contribution in [-0.4, -0.2) is 13.4 Å². The minimum absolute atomic E-state index is 0.129. The minimum atomic E-state index is -3.65. The fourth-order valence-corrected chi connectivity index (χ4v) is 3.75. The van der Waals surface area contributed by atoms with Crippen molar-refractivity contribution in [2.45, 2.75) is 4.90 Å². The van der Waals surface area contributed by atoms with E-state index in [-0.39, 0.29) is 9.77 Å². The van der Waals surface area contributed by atoms with Gasteiger partial charge in [-0.3, -0.25) is 9.52 Å². The van der Waals surface area contributed by atoms with E-state index in [4.69, 9.17) is 0 Å². The normalized spacial score (nSPS) is 11.6. The van der Waals surface area contributed by atoms with Crippen LogP contribution in [0.25, 0.3) is 10.2 Å². The maximum absolute atomic E-state index is 12.3. The number of aromatic nitrogens is 1. The highest BCUT2D eigenvalue weighted by molar-refractivity contribution is 7.92. The maximum Gasteiger partial charge on any atom is 0.305 e. The number of sulfonamides is 1. The molecule has 0 atom stereocenters. The molecule has 0 spiro atoms. The van der Waals surface area contributed by atoms with Crippen molar-refractivity contribution in [2.24, 2.45) is 0 Å². The van der Waals surface area contributed by atoms with Gasteiger partial charge in [-0.2, -0.15) is 0 Å². The highest BCUT2D eigenvalue weighted by atomic mass is 32.2. The van der Waals surface area contributed by atoms with Gasteiger partial charge < -0.3 is 4.98 Å². The lowest BCUT2D eigenvalue weighted by Crippen LogP contribution is -2.12. The van der Waals surface area contributed by atoms with Crippen molar-refractivity contribution in [1.29, 1.82) is 0 Å². The van der Waals surface area contributed by atoms with Gasteiger partial charge in [-0.15, -0.1) is 0 Å². The monoisotopic (exact) mass is 306 g/mol. The molecule has 0 saturated heterocycles. The summed E-state index contributed by atoms with van der Waals surface area (Å²) in [5.74, 6) is 0. The Morgan fingerprint density at radius 2 is 1.80 bits per heavy atom. The smallest absolute Gasteiger partial charge is 0.305 e. The Morgan fingerprint density at radius 1 is 1.05 bits per heavy atom. The molecular weight excluding hydrogens is 296 g/mol. The van der Waals surface area contributed by atoms with Crippen LogP contribution in [0.5, 0.6) is 0 Å². The molecule has 2 aromatic carbocycles. The van der Waals surface area contributed by atoms with Crippen molar-refractivity contribution in [3.05, 3.63) is 58.2 Å². The van der Waals surface area contributed by atoms with Gasteiger partial charge in [0.05, 0.1) is 15.1 Å². The van der Waals surface area contributed by atoms with Gasteiger partial charge in [-0.25, -0.2) is 8.42 Å². The first kappa shape index (κ1) is 12.9. The van der Waals surface area contributed by atoms with Crippen molar-refractivity contribution >= 4 is 37.3 Å². The largest absolute Gasteiger partial charge is 0.312 e. The summed E-state index contributed by atoms with van der Waals surface area (Å²) in [4.78, 5) is 13.8. The van der Waals surface area contributed by atoms with Crippen LogP contribution in [0.1, 0.15) is 0 Å². The molecule has 0 bridgehead atoms. The average Bonchev–Trinajstić information content (AvgIpc) is 2.78. The second-order valence-electron chi connectivity index (χ2n) is 4.14. The van der Waals surface area contributed by atoms with Gasteiger partial charge in [-0.1, -0.05) is 29.5 Å². The van der Waals surface area contributed by atoms with Gasteiger partial charge in [-0.05, 0) is 30.3 Å².